The predicted octanol–water partition coefficient (Wildman–Crippen LogP) is 3.16. The molecular weight excluding hydrogens is 350 g/mol. The molecule has 1 N–H and O–H groups in total. The molecule has 1 aromatic carbocycles. The highest BCUT2D eigenvalue weighted by Gasteiger charge is 2.44. The first-order valence-electron chi connectivity index (χ1n) is 8.98. The fourth-order valence-corrected chi connectivity index (χ4v) is 3.52. The van der Waals surface area contributed by atoms with E-state index < -0.39 is 11.6 Å². The smallest absolute Gasteiger partial charge is 0.251 e. The molecule has 2 unspecified atom stereocenters. The van der Waals surface area contributed by atoms with Gasteiger partial charge in [-0.1, -0.05) is 48.5 Å². The van der Waals surface area contributed by atoms with Gasteiger partial charge in [0.15, 0.2) is 5.60 Å². The van der Waals surface area contributed by atoms with Gasteiger partial charge in [-0.05, 0) is 35.4 Å². The quantitative estimate of drug-likeness (QED) is 0.587. The van der Waals surface area contributed by atoms with Crippen LogP contribution in [0.15, 0.2) is 108 Å². The van der Waals surface area contributed by atoms with E-state index in [4.69, 9.17) is 0 Å². The summed E-state index contributed by atoms with van der Waals surface area (Å²) in [6.07, 6.45) is 6.64. The molecule has 3 aromatic heterocycles. The zero-order valence-corrected chi connectivity index (χ0v) is 15.1. The highest BCUT2D eigenvalue weighted by molar-refractivity contribution is 5.38. The number of rotatable bonds is 5. The molecule has 5 nitrogen and oxygen atoms in total. The molecule has 0 aliphatic carbocycles. The highest BCUT2D eigenvalue weighted by atomic mass is 16.3. The zero-order valence-electron chi connectivity index (χ0n) is 15.1. The molecule has 28 heavy (non-hydrogen) atoms. The minimum atomic E-state index is -1.59. The van der Waals surface area contributed by atoms with Crippen LogP contribution in [0.4, 0.5) is 0 Å². The number of pyridine rings is 3. The molecule has 4 aromatic rings. The Morgan fingerprint density at radius 1 is 0.857 bits per heavy atom. The van der Waals surface area contributed by atoms with Gasteiger partial charge in [0.2, 0.25) is 0 Å². The monoisotopic (exact) mass is 369 g/mol. The first-order valence-corrected chi connectivity index (χ1v) is 8.98. The third-order valence-electron chi connectivity index (χ3n) is 4.79. The third kappa shape index (κ3) is 3.12. The van der Waals surface area contributed by atoms with E-state index in [1.165, 1.54) is 10.6 Å². The summed E-state index contributed by atoms with van der Waals surface area (Å²) < 4.78 is 1.53. The van der Waals surface area contributed by atoms with E-state index in [9.17, 15) is 9.90 Å². The summed E-state index contributed by atoms with van der Waals surface area (Å²) in [7, 11) is 0. The summed E-state index contributed by atoms with van der Waals surface area (Å²) in [4.78, 5) is 21.4. The Bertz CT molecular complexity index is 1060. The number of hydrogen-bond donors (Lipinski definition) is 1. The second kappa shape index (κ2) is 7.58. The van der Waals surface area contributed by atoms with Crippen LogP contribution in [0.25, 0.3) is 0 Å². The Kier molecular flexibility index (Phi) is 4.83. The van der Waals surface area contributed by atoms with Gasteiger partial charge in [-0.2, -0.15) is 0 Å². The molecule has 0 radical (unpaired) electrons. The average Bonchev–Trinajstić information content (AvgIpc) is 2.77. The number of nitrogens with zero attached hydrogens (tertiary/aromatic N) is 3. The van der Waals surface area contributed by atoms with E-state index in [0.717, 1.165) is 0 Å². The molecule has 0 aliphatic rings. The summed E-state index contributed by atoms with van der Waals surface area (Å²) in [5, 5.41) is 12.2. The molecule has 0 fully saturated rings. The lowest BCUT2D eigenvalue weighted by Gasteiger charge is -2.37. The van der Waals surface area contributed by atoms with Crippen LogP contribution >= 0.6 is 0 Å². The van der Waals surface area contributed by atoms with Gasteiger partial charge in [0.1, 0.15) is 6.04 Å². The van der Waals surface area contributed by atoms with Gasteiger partial charge in [0, 0.05) is 30.9 Å². The molecule has 138 valence electrons. The number of benzene rings is 1. The van der Waals surface area contributed by atoms with Crippen LogP contribution in [0.1, 0.15) is 22.9 Å². The van der Waals surface area contributed by atoms with E-state index in [1.54, 1.807) is 55.1 Å². The minimum Gasteiger partial charge on any atom is -0.376 e. The SMILES string of the molecule is O=c1ccccn1C(c1cccnc1)C(O)(c1ccccc1)c1ccccn1. The fourth-order valence-electron chi connectivity index (χ4n) is 3.52. The van der Waals surface area contributed by atoms with Crippen molar-refractivity contribution in [3.05, 3.63) is 131 Å². The fraction of sp³-hybridized carbons (Fsp3) is 0.0870. The molecular formula is C23H19N3O2. The van der Waals surface area contributed by atoms with Crippen molar-refractivity contribution in [2.75, 3.05) is 0 Å². The lowest BCUT2D eigenvalue weighted by atomic mass is 9.79. The van der Waals surface area contributed by atoms with Crippen LogP contribution in [-0.4, -0.2) is 19.6 Å². The Morgan fingerprint density at radius 2 is 1.64 bits per heavy atom. The van der Waals surface area contributed by atoms with Crippen molar-refractivity contribution in [3.8, 4) is 0 Å². The lowest BCUT2D eigenvalue weighted by Crippen LogP contribution is -2.43. The lowest BCUT2D eigenvalue weighted by molar-refractivity contribution is 0.0326. The van der Waals surface area contributed by atoms with E-state index in [2.05, 4.69) is 9.97 Å². The Balaban J connectivity index is 2.06. The second-order valence-electron chi connectivity index (χ2n) is 6.48. The van der Waals surface area contributed by atoms with Crippen molar-refractivity contribution in [1.29, 1.82) is 0 Å². The molecule has 0 spiro atoms. The van der Waals surface area contributed by atoms with Crippen LogP contribution in [0.5, 0.6) is 0 Å². The van der Waals surface area contributed by atoms with E-state index in [0.29, 0.717) is 16.8 Å². The van der Waals surface area contributed by atoms with Crippen molar-refractivity contribution >= 4 is 0 Å². The normalized spacial score (nSPS) is 14.2. The van der Waals surface area contributed by atoms with Crippen molar-refractivity contribution in [2.45, 2.75) is 11.6 Å². The average molecular weight is 369 g/mol. The van der Waals surface area contributed by atoms with Crippen LogP contribution in [0, 0.1) is 0 Å². The summed E-state index contributed by atoms with van der Waals surface area (Å²) >= 11 is 0. The van der Waals surface area contributed by atoms with Gasteiger partial charge in [-0.15, -0.1) is 0 Å². The van der Waals surface area contributed by atoms with Crippen LogP contribution < -0.4 is 5.56 Å². The molecule has 4 rings (SSSR count). The molecule has 0 bridgehead atoms. The third-order valence-corrected chi connectivity index (χ3v) is 4.79. The molecule has 2 atom stereocenters. The number of aliphatic hydroxyl groups is 1. The Hall–Kier alpha value is -3.57. The molecule has 5 heteroatoms. The van der Waals surface area contributed by atoms with Gasteiger partial charge in [-0.3, -0.25) is 14.8 Å². The van der Waals surface area contributed by atoms with Gasteiger partial charge < -0.3 is 9.67 Å². The molecule has 3 heterocycles. The first kappa shape index (κ1) is 17.8. The van der Waals surface area contributed by atoms with E-state index >= 15 is 0 Å². The topological polar surface area (TPSA) is 68.0 Å². The standard InChI is InChI=1S/C23H19N3O2/c27-21-13-5-7-16-26(21)22(18-9-8-14-24-17-18)23(28,19-10-2-1-3-11-19)20-12-4-6-15-25-20/h1-17,22,28H. The van der Waals surface area contributed by atoms with Crippen LogP contribution in [0.3, 0.4) is 0 Å². The molecule has 0 aliphatic heterocycles. The van der Waals surface area contributed by atoms with Gasteiger partial charge in [0.25, 0.3) is 5.56 Å². The van der Waals surface area contributed by atoms with Crippen molar-refractivity contribution in [1.82, 2.24) is 14.5 Å². The minimum absolute atomic E-state index is 0.221. The molecule has 0 saturated heterocycles. The largest absolute Gasteiger partial charge is 0.376 e. The maximum atomic E-state index is 12.8. The van der Waals surface area contributed by atoms with E-state index in [-0.39, 0.29) is 5.56 Å². The molecule has 0 saturated carbocycles. The Morgan fingerprint density at radius 3 is 2.32 bits per heavy atom. The maximum absolute atomic E-state index is 12.8. The maximum Gasteiger partial charge on any atom is 0.251 e. The first-order chi connectivity index (χ1) is 13.7. The van der Waals surface area contributed by atoms with Gasteiger partial charge >= 0.3 is 0 Å². The Labute approximate surface area is 162 Å². The van der Waals surface area contributed by atoms with Crippen LogP contribution in [-0.2, 0) is 5.60 Å². The van der Waals surface area contributed by atoms with Gasteiger partial charge in [0.05, 0.1) is 5.69 Å². The summed E-state index contributed by atoms with van der Waals surface area (Å²) in [5.41, 5.74) is -0.0185. The van der Waals surface area contributed by atoms with Crippen molar-refractivity contribution < 1.29 is 5.11 Å². The van der Waals surface area contributed by atoms with Crippen molar-refractivity contribution in [3.63, 3.8) is 0 Å². The number of aromatic nitrogens is 3. The van der Waals surface area contributed by atoms with Crippen molar-refractivity contribution in [2.24, 2.45) is 0 Å². The summed E-state index contributed by atoms with van der Waals surface area (Å²) in [6.45, 7) is 0. The summed E-state index contributed by atoms with van der Waals surface area (Å²) in [5.74, 6) is 0. The zero-order chi connectivity index (χ0) is 19.4. The van der Waals surface area contributed by atoms with E-state index in [1.807, 2.05) is 42.5 Å². The highest BCUT2D eigenvalue weighted by Crippen LogP contribution is 2.41. The number of hydrogen-bond acceptors (Lipinski definition) is 4. The van der Waals surface area contributed by atoms with Gasteiger partial charge in [-0.25, -0.2) is 0 Å². The predicted molar refractivity (Wildman–Crippen MR) is 107 cm³/mol. The van der Waals surface area contributed by atoms with Crippen LogP contribution in [0.2, 0.25) is 0 Å². The second-order valence-corrected chi connectivity index (χ2v) is 6.48. The molecule has 0 amide bonds. The summed E-state index contributed by atoms with van der Waals surface area (Å²) in [6, 6.07) is 22.5.